The molecule has 0 aliphatic heterocycles. The van der Waals surface area contributed by atoms with Crippen LogP contribution >= 0.6 is 11.8 Å². The standard InChI is InChI=1S/C19H34O5S/c1-2-3-4-5-9-14-25-17-12-11-16(20)15(17)10-7-6-8-13-19(23,24)18(21)22/h15,17,23-24H,2-14H2,1H3,(H,21,22)/t15-,17-/m0/s1. The number of aliphatic hydroxyl groups is 2. The number of carboxylic acids is 1. The zero-order chi connectivity index (χ0) is 18.7. The number of carbonyl (C=O) groups excluding carboxylic acids is 1. The smallest absolute Gasteiger partial charge is 0.364 e. The molecule has 0 spiro atoms. The highest BCUT2D eigenvalue weighted by atomic mass is 32.2. The molecule has 0 unspecified atom stereocenters. The van der Waals surface area contributed by atoms with Crippen LogP contribution in [0.25, 0.3) is 0 Å². The molecule has 1 fully saturated rings. The van der Waals surface area contributed by atoms with Gasteiger partial charge in [0.05, 0.1) is 0 Å². The first-order chi connectivity index (χ1) is 11.9. The normalized spacial score (nSPS) is 21.0. The molecule has 0 radical (unpaired) electrons. The van der Waals surface area contributed by atoms with Crippen molar-refractivity contribution in [3.63, 3.8) is 0 Å². The van der Waals surface area contributed by atoms with Gasteiger partial charge in [0.25, 0.3) is 5.79 Å². The maximum absolute atomic E-state index is 12.1. The lowest BCUT2D eigenvalue weighted by molar-refractivity contribution is -0.205. The molecule has 1 saturated carbocycles. The molecule has 3 N–H and O–H groups in total. The van der Waals surface area contributed by atoms with Crippen LogP contribution in [0, 0.1) is 5.92 Å². The van der Waals surface area contributed by atoms with Crippen LogP contribution in [0.1, 0.15) is 84.0 Å². The molecule has 5 nitrogen and oxygen atoms in total. The first-order valence-electron chi connectivity index (χ1n) is 9.71. The minimum atomic E-state index is -2.63. The zero-order valence-electron chi connectivity index (χ0n) is 15.4. The number of carboxylic acid groups (broad SMARTS) is 1. The molecule has 0 amide bonds. The van der Waals surface area contributed by atoms with E-state index < -0.39 is 11.8 Å². The lowest BCUT2D eigenvalue weighted by Crippen LogP contribution is -2.37. The number of unbranched alkanes of at least 4 members (excludes halogenated alkanes) is 6. The van der Waals surface area contributed by atoms with Crippen LogP contribution in [-0.4, -0.2) is 43.9 Å². The molecular formula is C19H34O5S. The number of Topliss-reactive ketones (excluding diaryl/α,β-unsaturated/α-hetero) is 1. The Kier molecular flexibility index (Phi) is 10.7. The van der Waals surface area contributed by atoms with Gasteiger partial charge in [0, 0.05) is 24.0 Å². The van der Waals surface area contributed by atoms with E-state index in [-0.39, 0.29) is 12.3 Å². The van der Waals surface area contributed by atoms with Crippen LogP contribution in [0.15, 0.2) is 0 Å². The number of hydrogen-bond donors (Lipinski definition) is 3. The maximum atomic E-state index is 12.1. The molecule has 1 rings (SSSR count). The van der Waals surface area contributed by atoms with Gasteiger partial charge in [-0.05, 0) is 31.4 Å². The molecule has 2 atom stereocenters. The van der Waals surface area contributed by atoms with Crippen molar-refractivity contribution in [3.05, 3.63) is 0 Å². The fourth-order valence-electron chi connectivity index (χ4n) is 3.38. The summed E-state index contributed by atoms with van der Waals surface area (Å²) in [6.07, 6.45) is 10.7. The van der Waals surface area contributed by atoms with E-state index in [4.69, 9.17) is 5.11 Å². The van der Waals surface area contributed by atoms with Crippen LogP contribution in [0.3, 0.4) is 0 Å². The third-order valence-corrected chi connectivity index (χ3v) is 6.52. The summed E-state index contributed by atoms with van der Waals surface area (Å²) in [5.41, 5.74) is 0. The molecular weight excluding hydrogens is 340 g/mol. The Morgan fingerprint density at radius 1 is 1.12 bits per heavy atom. The highest BCUT2D eigenvalue weighted by molar-refractivity contribution is 7.99. The van der Waals surface area contributed by atoms with Crippen molar-refractivity contribution in [2.75, 3.05) is 5.75 Å². The summed E-state index contributed by atoms with van der Waals surface area (Å²) in [5.74, 6) is -2.59. The van der Waals surface area contributed by atoms with E-state index in [2.05, 4.69) is 6.92 Å². The van der Waals surface area contributed by atoms with E-state index in [1.807, 2.05) is 11.8 Å². The molecule has 0 aromatic carbocycles. The van der Waals surface area contributed by atoms with Gasteiger partial charge in [0.15, 0.2) is 0 Å². The lowest BCUT2D eigenvalue weighted by Gasteiger charge is -2.19. The third kappa shape index (κ3) is 8.56. The molecule has 1 aliphatic carbocycles. The molecule has 0 aromatic rings. The molecule has 6 heteroatoms. The molecule has 0 heterocycles. The molecule has 25 heavy (non-hydrogen) atoms. The Hall–Kier alpha value is -0.590. The summed E-state index contributed by atoms with van der Waals surface area (Å²) in [6, 6.07) is 0. The van der Waals surface area contributed by atoms with Crippen LogP contribution in [0.2, 0.25) is 0 Å². The largest absolute Gasteiger partial charge is 0.477 e. The number of ketones is 1. The first kappa shape index (κ1) is 22.5. The minimum absolute atomic E-state index is 0.133. The van der Waals surface area contributed by atoms with E-state index in [1.165, 1.54) is 32.1 Å². The predicted octanol–water partition coefficient (Wildman–Crippen LogP) is 3.75. The number of thioether (sulfide) groups is 1. The molecule has 0 aromatic heterocycles. The van der Waals surface area contributed by atoms with Crippen molar-refractivity contribution in [1.82, 2.24) is 0 Å². The van der Waals surface area contributed by atoms with E-state index >= 15 is 0 Å². The predicted molar refractivity (Wildman–Crippen MR) is 101 cm³/mol. The van der Waals surface area contributed by atoms with Crippen molar-refractivity contribution < 1.29 is 24.9 Å². The molecule has 146 valence electrons. The number of carbonyl (C=O) groups is 2. The van der Waals surface area contributed by atoms with Crippen LogP contribution < -0.4 is 0 Å². The zero-order valence-corrected chi connectivity index (χ0v) is 16.2. The highest BCUT2D eigenvalue weighted by Crippen LogP contribution is 2.36. The summed E-state index contributed by atoms with van der Waals surface area (Å²) in [6.45, 7) is 2.21. The SMILES string of the molecule is CCCCCCCS[C@H]1CCC(=O)[C@@H]1CCCCCC(O)(O)C(=O)O. The lowest BCUT2D eigenvalue weighted by atomic mass is 9.97. The van der Waals surface area contributed by atoms with E-state index in [9.17, 15) is 19.8 Å². The second-order valence-electron chi connectivity index (χ2n) is 7.16. The number of aliphatic carboxylic acids is 1. The molecule has 0 saturated heterocycles. The van der Waals surface area contributed by atoms with Crippen molar-refractivity contribution in [2.24, 2.45) is 5.92 Å². The monoisotopic (exact) mass is 374 g/mol. The number of rotatable bonds is 14. The van der Waals surface area contributed by atoms with Gasteiger partial charge in [0.1, 0.15) is 5.78 Å². The van der Waals surface area contributed by atoms with Gasteiger partial charge in [-0.15, -0.1) is 0 Å². The third-order valence-electron chi connectivity index (χ3n) is 5.00. The van der Waals surface area contributed by atoms with Crippen molar-refractivity contribution in [2.45, 2.75) is 95.0 Å². The van der Waals surface area contributed by atoms with Gasteiger partial charge in [-0.1, -0.05) is 45.4 Å². The van der Waals surface area contributed by atoms with Crippen molar-refractivity contribution in [1.29, 1.82) is 0 Å². The Labute approximate surface area is 155 Å². The fourth-order valence-corrected chi connectivity index (χ4v) is 4.86. The van der Waals surface area contributed by atoms with Crippen LogP contribution in [-0.2, 0) is 9.59 Å². The minimum Gasteiger partial charge on any atom is -0.477 e. The van der Waals surface area contributed by atoms with Gasteiger partial charge in [0.2, 0.25) is 0 Å². The van der Waals surface area contributed by atoms with Gasteiger partial charge in [-0.3, -0.25) is 4.79 Å². The summed E-state index contributed by atoms with van der Waals surface area (Å²) >= 11 is 1.95. The summed E-state index contributed by atoms with van der Waals surface area (Å²) in [4.78, 5) is 22.7. The second-order valence-corrected chi connectivity index (χ2v) is 8.50. The highest BCUT2D eigenvalue weighted by Gasteiger charge is 2.34. The van der Waals surface area contributed by atoms with Crippen LogP contribution in [0.5, 0.6) is 0 Å². The average molecular weight is 375 g/mol. The van der Waals surface area contributed by atoms with Gasteiger partial charge < -0.3 is 15.3 Å². The van der Waals surface area contributed by atoms with Gasteiger partial charge >= 0.3 is 5.97 Å². The molecule has 1 aliphatic rings. The Bertz CT molecular complexity index is 411. The van der Waals surface area contributed by atoms with E-state index in [0.29, 0.717) is 30.3 Å². The van der Waals surface area contributed by atoms with Crippen LogP contribution in [0.4, 0.5) is 0 Å². The summed E-state index contributed by atoms with van der Waals surface area (Å²) in [5, 5.41) is 27.6. The second kappa shape index (κ2) is 11.9. The van der Waals surface area contributed by atoms with Crippen molar-refractivity contribution in [3.8, 4) is 0 Å². The Balaban J connectivity index is 2.19. The van der Waals surface area contributed by atoms with E-state index in [1.54, 1.807) is 0 Å². The number of hydrogen-bond acceptors (Lipinski definition) is 5. The fraction of sp³-hybridized carbons (Fsp3) is 0.895. The maximum Gasteiger partial charge on any atom is 0.364 e. The topological polar surface area (TPSA) is 94.8 Å². The molecule has 0 bridgehead atoms. The van der Waals surface area contributed by atoms with Gasteiger partial charge in [-0.2, -0.15) is 11.8 Å². The summed E-state index contributed by atoms with van der Waals surface area (Å²) < 4.78 is 0. The van der Waals surface area contributed by atoms with Crippen molar-refractivity contribution >= 4 is 23.5 Å². The first-order valence-corrected chi connectivity index (χ1v) is 10.8. The average Bonchev–Trinajstić information content (AvgIpc) is 2.90. The Morgan fingerprint density at radius 2 is 1.80 bits per heavy atom. The van der Waals surface area contributed by atoms with E-state index in [0.717, 1.165) is 25.0 Å². The van der Waals surface area contributed by atoms with Gasteiger partial charge in [-0.25, -0.2) is 4.79 Å². The summed E-state index contributed by atoms with van der Waals surface area (Å²) in [7, 11) is 0. The Morgan fingerprint density at radius 3 is 2.48 bits per heavy atom. The quantitative estimate of drug-likeness (QED) is 0.317.